The summed E-state index contributed by atoms with van der Waals surface area (Å²) >= 11 is 0. The minimum absolute atomic E-state index is 0.107. The van der Waals surface area contributed by atoms with Gasteiger partial charge in [0.15, 0.2) is 0 Å². The van der Waals surface area contributed by atoms with Crippen LogP contribution in [0, 0.1) is 12.7 Å². The van der Waals surface area contributed by atoms with Crippen molar-refractivity contribution in [2.75, 3.05) is 17.1 Å². The van der Waals surface area contributed by atoms with E-state index < -0.39 is 15.8 Å². The summed E-state index contributed by atoms with van der Waals surface area (Å²) in [4.78, 5) is -0.108. The van der Waals surface area contributed by atoms with Gasteiger partial charge in [-0.2, -0.15) is 0 Å². The van der Waals surface area contributed by atoms with Crippen LogP contribution in [0.15, 0.2) is 47.4 Å². The van der Waals surface area contributed by atoms with Gasteiger partial charge in [-0.25, -0.2) is 12.8 Å². The molecule has 0 saturated heterocycles. The minimum atomic E-state index is -3.81. The van der Waals surface area contributed by atoms with E-state index in [0.29, 0.717) is 5.69 Å². The molecule has 0 unspecified atom stereocenters. The molecule has 0 atom stereocenters. The Hall–Kier alpha value is -2.08. The number of nitrogens with zero attached hydrogens (tertiary/aromatic N) is 1. The van der Waals surface area contributed by atoms with E-state index in [1.54, 1.807) is 18.2 Å². The summed E-state index contributed by atoms with van der Waals surface area (Å²) in [6.07, 6.45) is 0. The van der Waals surface area contributed by atoms with Crippen molar-refractivity contribution in [1.82, 2.24) is 0 Å². The van der Waals surface area contributed by atoms with Crippen LogP contribution in [0.3, 0.4) is 0 Å². The number of nitrogens with two attached hydrogens (primary N) is 1. The number of nitrogen functional groups attached to an aromatic ring is 1. The number of sulfonamides is 1. The number of rotatable bonds is 3. The first-order valence-electron chi connectivity index (χ1n) is 5.93. The normalized spacial score (nSPS) is 11.3. The predicted octanol–water partition coefficient (Wildman–Crippen LogP) is 2.54. The number of hydrogen-bond acceptors (Lipinski definition) is 3. The fourth-order valence-corrected chi connectivity index (χ4v) is 3.15. The molecule has 0 amide bonds. The molecule has 0 bridgehead atoms. The zero-order valence-electron chi connectivity index (χ0n) is 11.2. The fourth-order valence-electron chi connectivity index (χ4n) is 1.86. The third-order valence-electron chi connectivity index (χ3n) is 2.98. The van der Waals surface area contributed by atoms with E-state index in [0.717, 1.165) is 22.0 Å². The molecule has 2 rings (SSSR count). The number of anilines is 2. The molecule has 6 heteroatoms. The van der Waals surface area contributed by atoms with Gasteiger partial charge in [0.25, 0.3) is 10.0 Å². The van der Waals surface area contributed by atoms with Gasteiger partial charge in [-0.1, -0.05) is 12.1 Å². The highest BCUT2D eigenvalue weighted by Gasteiger charge is 2.24. The molecule has 0 aromatic heterocycles. The molecule has 20 heavy (non-hydrogen) atoms. The molecule has 0 spiro atoms. The van der Waals surface area contributed by atoms with Crippen molar-refractivity contribution in [3.05, 3.63) is 53.8 Å². The quantitative estimate of drug-likeness (QED) is 0.885. The lowest BCUT2D eigenvalue weighted by Crippen LogP contribution is -2.27. The van der Waals surface area contributed by atoms with E-state index in [2.05, 4.69) is 0 Å². The number of hydrogen-bond donors (Lipinski definition) is 1. The molecule has 0 fully saturated rings. The van der Waals surface area contributed by atoms with E-state index in [1.165, 1.54) is 13.1 Å². The van der Waals surface area contributed by atoms with Crippen LogP contribution in [0.25, 0.3) is 0 Å². The molecule has 0 aliphatic heterocycles. The van der Waals surface area contributed by atoms with Gasteiger partial charge in [-0.15, -0.1) is 0 Å². The Labute approximate surface area is 117 Å². The predicted molar refractivity (Wildman–Crippen MR) is 77.6 cm³/mol. The van der Waals surface area contributed by atoms with Crippen LogP contribution >= 0.6 is 0 Å². The molecule has 0 radical (unpaired) electrons. The maximum Gasteiger partial charge on any atom is 0.266 e. The Morgan fingerprint density at radius 1 is 1.15 bits per heavy atom. The first-order chi connectivity index (χ1) is 9.32. The largest absolute Gasteiger partial charge is 0.398 e. The molecular formula is C14H15FN2O2S. The minimum Gasteiger partial charge on any atom is -0.398 e. The third-order valence-corrected chi connectivity index (χ3v) is 4.84. The topological polar surface area (TPSA) is 63.4 Å². The lowest BCUT2D eigenvalue weighted by Gasteiger charge is -2.20. The summed E-state index contributed by atoms with van der Waals surface area (Å²) in [6, 6.07) is 10.3. The van der Waals surface area contributed by atoms with Crippen molar-refractivity contribution in [2.24, 2.45) is 0 Å². The van der Waals surface area contributed by atoms with E-state index in [4.69, 9.17) is 5.73 Å². The van der Waals surface area contributed by atoms with E-state index in [1.807, 2.05) is 13.0 Å². The van der Waals surface area contributed by atoms with Gasteiger partial charge in [0.2, 0.25) is 0 Å². The van der Waals surface area contributed by atoms with Gasteiger partial charge in [-0.3, -0.25) is 4.31 Å². The fraction of sp³-hybridized carbons (Fsp3) is 0.143. The molecule has 0 aliphatic rings. The van der Waals surface area contributed by atoms with Crippen LogP contribution in [0.1, 0.15) is 5.56 Å². The summed E-state index contributed by atoms with van der Waals surface area (Å²) in [7, 11) is -2.38. The zero-order valence-corrected chi connectivity index (χ0v) is 12.0. The molecular weight excluding hydrogens is 279 g/mol. The Morgan fingerprint density at radius 3 is 2.45 bits per heavy atom. The highest BCUT2D eigenvalue weighted by atomic mass is 32.2. The highest BCUT2D eigenvalue weighted by Crippen LogP contribution is 2.26. The first kappa shape index (κ1) is 14.3. The Balaban J connectivity index is 2.49. The van der Waals surface area contributed by atoms with Gasteiger partial charge >= 0.3 is 0 Å². The second-order valence-corrected chi connectivity index (χ2v) is 6.43. The molecule has 106 valence electrons. The van der Waals surface area contributed by atoms with Crippen LogP contribution in [0.2, 0.25) is 0 Å². The van der Waals surface area contributed by atoms with Crippen molar-refractivity contribution < 1.29 is 12.8 Å². The van der Waals surface area contributed by atoms with Crippen LogP contribution in [0.5, 0.6) is 0 Å². The summed E-state index contributed by atoms with van der Waals surface area (Å²) < 4.78 is 39.2. The van der Waals surface area contributed by atoms with Gasteiger partial charge in [0.1, 0.15) is 10.7 Å². The maximum atomic E-state index is 13.0. The van der Waals surface area contributed by atoms with E-state index >= 15 is 0 Å². The second kappa shape index (κ2) is 5.13. The first-order valence-corrected chi connectivity index (χ1v) is 7.37. The molecule has 4 nitrogen and oxygen atoms in total. The molecule has 2 N–H and O–H groups in total. The van der Waals surface area contributed by atoms with E-state index in [-0.39, 0.29) is 10.6 Å². The lowest BCUT2D eigenvalue weighted by molar-refractivity contribution is 0.593. The average molecular weight is 294 g/mol. The monoisotopic (exact) mass is 294 g/mol. The smallest absolute Gasteiger partial charge is 0.266 e. The van der Waals surface area contributed by atoms with Crippen LogP contribution in [0.4, 0.5) is 15.8 Å². The van der Waals surface area contributed by atoms with Crippen molar-refractivity contribution in [3.8, 4) is 0 Å². The van der Waals surface area contributed by atoms with Crippen LogP contribution in [-0.2, 0) is 10.0 Å². The second-order valence-electron chi connectivity index (χ2n) is 4.49. The summed E-state index contributed by atoms with van der Waals surface area (Å²) in [5.41, 5.74) is 6.96. The summed E-state index contributed by atoms with van der Waals surface area (Å²) in [6.45, 7) is 1.87. The van der Waals surface area contributed by atoms with Crippen molar-refractivity contribution in [3.63, 3.8) is 0 Å². The molecule has 0 aliphatic carbocycles. The molecule has 2 aromatic rings. The SMILES string of the molecule is Cc1cccc(N(C)S(=O)(=O)c2ccc(F)cc2N)c1. The molecule has 0 heterocycles. The van der Waals surface area contributed by atoms with Crippen molar-refractivity contribution in [1.29, 1.82) is 0 Å². The Bertz CT molecular complexity index is 745. The molecule has 0 saturated carbocycles. The number of halogens is 1. The van der Waals surface area contributed by atoms with Gasteiger partial charge < -0.3 is 5.73 Å². The van der Waals surface area contributed by atoms with Crippen LogP contribution in [-0.4, -0.2) is 15.5 Å². The molecule has 2 aromatic carbocycles. The summed E-state index contributed by atoms with van der Waals surface area (Å²) in [5.74, 6) is -0.570. The van der Waals surface area contributed by atoms with Crippen molar-refractivity contribution >= 4 is 21.4 Å². The number of aryl methyl sites for hydroxylation is 1. The zero-order chi connectivity index (χ0) is 14.9. The summed E-state index contributed by atoms with van der Waals surface area (Å²) in [5, 5.41) is 0. The lowest BCUT2D eigenvalue weighted by atomic mass is 10.2. The van der Waals surface area contributed by atoms with Gasteiger partial charge in [0, 0.05) is 7.05 Å². The maximum absolute atomic E-state index is 13.0. The van der Waals surface area contributed by atoms with Gasteiger partial charge in [0.05, 0.1) is 11.4 Å². The standard InChI is InChI=1S/C14H15FN2O2S/c1-10-4-3-5-12(8-10)17(2)20(18,19)14-7-6-11(15)9-13(14)16/h3-9H,16H2,1-2H3. The Morgan fingerprint density at radius 2 is 1.85 bits per heavy atom. The van der Waals surface area contributed by atoms with Gasteiger partial charge in [-0.05, 0) is 42.8 Å². The number of benzene rings is 2. The third kappa shape index (κ3) is 2.60. The Kier molecular flexibility index (Phi) is 3.67. The highest BCUT2D eigenvalue weighted by molar-refractivity contribution is 7.93. The van der Waals surface area contributed by atoms with E-state index in [9.17, 15) is 12.8 Å². The van der Waals surface area contributed by atoms with Crippen LogP contribution < -0.4 is 10.0 Å². The van der Waals surface area contributed by atoms with Crippen molar-refractivity contribution in [2.45, 2.75) is 11.8 Å². The average Bonchev–Trinajstić information content (AvgIpc) is 2.37.